The van der Waals surface area contributed by atoms with Crippen LogP contribution in [0.4, 0.5) is 0 Å². The van der Waals surface area contributed by atoms with E-state index >= 15 is 0 Å². The van der Waals surface area contributed by atoms with Crippen LogP contribution in [0.25, 0.3) is 31.9 Å². The third-order valence-electron chi connectivity index (χ3n) is 5.46. The van der Waals surface area contributed by atoms with Gasteiger partial charge < -0.3 is 0 Å². The van der Waals surface area contributed by atoms with Crippen molar-refractivity contribution in [2.45, 2.75) is 66.2 Å². The first-order valence-corrected chi connectivity index (χ1v) is 12.3. The minimum absolute atomic E-state index is 0.158. The van der Waals surface area contributed by atoms with Crippen LogP contribution in [0.2, 0.25) is 0 Å². The molecule has 0 N–H and O–H groups in total. The normalized spacial score (nSPS) is 12.8. The minimum atomic E-state index is 0.158. The molecule has 0 radical (unpaired) electrons. The minimum Gasteiger partial charge on any atom is -0.172 e. The maximum Gasteiger partial charge on any atom is 0.114 e. The summed E-state index contributed by atoms with van der Waals surface area (Å²) in [6, 6.07) is 9.05. The van der Waals surface area contributed by atoms with Crippen molar-refractivity contribution in [2.24, 2.45) is 0 Å². The van der Waals surface area contributed by atoms with Crippen molar-refractivity contribution in [3.05, 3.63) is 45.1 Å². The lowest BCUT2D eigenvalue weighted by atomic mass is 9.93. The highest BCUT2D eigenvalue weighted by molar-refractivity contribution is 7.16. The van der Waals surface area contributed by atoms with Gasteiger partial charge in [-0.05, 0) is 60.1 Å². The van der Waals surface area contributed by atoms with Crippen LogP contribution in [-0.2, 0) is 10.8 Å². The van der Waals surface area contributed by atoms with Gasteiger partial charge in [0.1, 0.15) is 11.0 Å². The van der Waals surface area contributed by atoms with Gasteiger partial charge in [0.2, 0.25) is 0 Å². The van der Waals surface area contributed by atoms with Gasteiger partial charge in [0.05, 0.1) is 11.7 Å². The second-order valence-electron chi connectivity index (χ2n) is 9.79. The third kappa shape index (κ3) is 3.58. The Morgan fingerprint density at radius 1 is 0.621 bits per heavy atom. The zero-order valence-electron chi connectivity index (χ0n) is 18.4. The van der Waals surface area contributed by atoms with Gasteiger partial charge in [-0.2, -0.15) is 8.75 Å². The fraction of sp³-hybridized carbons (Fsp3) is 0.417. The van der Waals surface area contributed by atoms with Crippen molar-refractivity contribution in [1.29, 1.82) is 0 Å². The summed E-state index contributed by atoms with van der Waals surface area (Å²) < 4.78 is 9.50. The summed E-state index contributed by atoms with van der Waals surface area (Å²) in [6.07, 6.45) is 0. The first-order chi connectivity index (χ1) is 13.5. The van der Waals surface area contributed by atoms with Gasteiger partial charge in [-0.15, -0.1) is 22.7 Å². The molecule has 0 aliphatic rings. The fourth-order valence-corrected chi connectivity index (χ4v) is 6.49. The zero-order chi connectivity index (χ0) is 21.1. The highest BCUT2D eigenvalue weighted by Crippen LogP contribution is 2.46. The maximum absolute atomic E-state index is 4.75. The number of rotatable bonds is 2. The number of hydrogen-bond donors (Lipinski definition) is 0. The topological polar surface area (TPSA) is 25.8 Å². The summed E-state index contributed by atoms with van der Waals surface area (Å²) >= 11 is 5.09. The molecule has 0 unspecified atom stereocenters. The van der Waals surface area contributed by atoms with Crippen molar-refractivity contribution in [1.82, 2.24) is 8.75 Å². The highest BCUT2D eigenvalue weighted by atomic mass is 32.1. The van der Waals surface area contributed by atoms with E-state index in [0.29, 0.717) is 0 Å². The highest BCUT2D eigenvalue weighted by Gasteiger charge is 2.24. The quantitative estimate of drug-likeness (QED) is 0.313. The van der Waals surface area contributed by atoms with Crippen molar-refractivity contribution < 1.29 is 0 Å². The van der Waals surface area contributed by atoms with Gasteiger partial charge in [0.15, 0.2) is 0 Å². The van der Waals surface area contributed by atoms with E-state index < -0.39 is 0 Å². The second kappa shape index (κ2) is 7.00. The second-order valence-corrected chi connectivity index (χ2v) is 12.5. The molecule has 3 heterocycles. The van der Waals surface area contributed by atoms with E-state index in [1.165, 1.54) is 53.5 Å². The van der Waals surface area contributed by atoms with Crippen LogP contribution < -0.4 is 0 Å². The number of fused-ring (bicyclic) bond motifs is 1. The van der Waals surface area contributed by atoms with Crippen LogP contribution in [0.3, 0.4) is 0 Å². The molecule has 2 nitrogen and oxygen atoms in total. The standard InChI is InChI=1S/C24H28N2S3/c1-13-14(2)20(16-10-12-18(28-16)24(6,7)8)22-21(25-29-26-22)19(13)15-9-11-17(27-15)23(3,4)5/h9-12H,1-8H3. The van der Waals surface area contributed by atoms with Gasteiger partial charge in [0, 0.05) is 30.6 Å². The van der Waals surface area contributed by atoms with Crippen LogP contribution in [0.1, 0.15) is 62.4 Å². The Kier molecular flexibility index (Phi) is 5.00. The molecular formula is C24H28N2S3. The molecule has 0 spiro atoms. The summed E-state index contributed by atoms with van der Waals surface area (Å²) in [5.41, 5.74) is 7.53. The summed E-state index contributed by atoms with van der Waals surface area (Å²) in [5, 5.41) is 0. The van der Waals surface area contributed by atoms with Crippen LogP contribution in [0.15, 0.2) is 24.3 Å². The Morgan fingerprint density at radius 2 is 1.00 bits per heavy atom. The van der Waals surface area contributed by atoms with Gasteiger partial charge in [-0.25, -0.2) is 0 Å². The molecule has 29 heavy (non-hydrogen) atoms. The molecule has 4 aromatic rings. The fourth-order valence-electron chi connectivity index (χ4n) is 3.60. The predicted octanol–water partition coefficient (Wildman–Crippen LogP) is 8.36. The van der Waals surface area contributed by atoms with Crippen molar-refractivity contribution in [3.63, 3.8) is 0 Å². The molecule has 0 aliphatic heterocycles. The van der Waals surface area contributed by atoms with E-state index in [-0.39, 0.29) is 10.8 Å². The summed E-state index contributed by atoms with van der Waals surface area (Å²) in [6.45, 7) is 18.1. The van der Waals surface area contributed by atoms with E-state index in [0.717, 1.165) is 11.0 Å². The van der Waals surface area contributed by atoms with E-state index in [2.05, 4.69) is 79.7 Å². The molecule has 0 amide bonds. The van der Waals surface area contributed by atoms with Crippen molar-refractivity contribution in [3.8, 4) is 20.9 Å². The van der Waals surface area contributed by atoms with Crippen LogP contribution >= 0.6 is 34.4 Å². The number of benzene rings is 1. The molecule has 5 heteroatoms. The van der Waals surface area contributed by atoms with E-state index in [4.69, 9.17) is 8.75 Å². The predicted molar refractivity (Wildman–Crippen MR) is 131 cm³/mol. The Morgan fingerprint density at radius 3 is 1.31 bits per heavy atom. The number of aromatic nitrogens is 2. The lowest BCUT2D eigenvalue weighted by molar-refractivity contribution is 0.603. The molecule has 0 aliphatic carbocycles. The average molecular weight is 441 g/mol. The Labute approximate surface area is 186 Å². The van der Waals surface area contributed by atoms with E-state index in [9.17, 15) is 0 Å². The molecule has 0 bridgehead atoms. The first kappa shape index (κ1) is 20.7. The smallest absolute Gasteiger partial charge is 0.114 e. The lowest BCUT2D eigenvalue weighted by Crippen LogP contribution is -2.07. The lowest BCUT2D eigenvalue weighted by Gasteiger charge is -2.16. The van der Waals surface area contributed by atoms with Gasteiger partial charge in [-0.3, -0.25) is 0 Å². The maximum atomic E-state index is 4.75. The zero-order valence-corrected chi connectivity index (χ0v) is 20.9. The van der Waals surface area contributed by atoms with Crippen molar-refractivity contribution in [2.75, 3.05) is 0 Å². The average Bonchev–Trinajstić information content (AvgIpc) is 3.34. The van der Waals surface area contributed by atoms with Gasteiger partial charge >= 0.3 is 0 Å². The molecule has 4 rings (SSSR count). The van der Waals surface area contributed by atoms with Crippen molar-refractivity contribution >= 4 is 45.4 Å². The first-order valence-electron chi connectivity index (χ1n) is 9.95. The summed E-state index contributed by atoms with van der Waals surface area (Å²) in [4.78, 5) is 5.39. The van der Waals surface area contributed by atoms with Gasteiger partial charge in [-0.1, -0.05) is 41.5 Å². The molecule has 0 saturated carbocycles. The van der Waals surface area contributed by atoms with Crippen LogP contribution in [0, 0.1) is 13.8 Å². The largest absolute Gasteiger partial charge is 0.172 e. The monoisotopic (exact) mass is 440 g/mol. The number of hydrogen-bond acceptors (Lipinski definition) is 5. The Bertz CT molecular complexity index is 1100. The van der Waals surface area contributed by atoms with E-state index in [1.807, 2.05) is 22.7 Å². The Hall–Kier alpha value is -1.56. The van der Waals surface area contributed by atoms with Crippen LogP contribution in [0.5, 0.6) is 0 Å². The summed E-state index contributed by atoms with van der Waals surface area (Å²) in [5.74, 6) is 0. The van der Waals surface area contributed by atoms with E-state index in [1.54, 1.807) is 0 Å². The van der Waals surface area contributed by atoms with Gasteiger partial charge in [0.25, 0.3) is 0 Å². The number of nitrogens with zero attached hydrogens (tertiary/aromatic N) is 2. The molecule has 0 atom stereocenters. The molecule has 3 aromatic heterocycles. The SMILES string of the molecule is Cc1c(C)c(-c2ccc(C(C)(C)C)s2)c2nsnc2c1-c1ccc(C(C)(C)C)s1. The summed E-state index contributed by atoms with van der Waals surface area (Å²) in [7, 11) is 0. The number of thiophene rings is 2. The molecular weight excluding hydrogens is 412 g/mol. The molecule has 1 aromatic carbocycles. The molecule has 0 saturated heterocycles. The van der Waals surface area contributed by atoms with Crippen LogP contribution in [-0.4, -0.2) is 8.75 Å². The third-order valence-corrected chi connectivity index (χ3v) is 9.04. The Balaban J connectivity index is 1.94. The molecule has 0 fully saturated rings. The molecule has 152 valence electrons.